The maximum absolute atomic E-state index is 2.45. The minimum Gasteiger partial charge on any atom is -0.201 e. The molecule has 5 aromatic heterocycles. The molecule has 5 nitrogen and oxygen atoms in total. The summed E-state index contributed by atoms with van der Waals surface area (Å²) < 4.78 is 11.3. The first-order valence-corrected chi connectivity index (χ1v) is 48.6. The third-order valence-electron chi connectivity index (χ3n) is 28.5. The minimum absolute atomic E-state index is 0.285. The lowest BCUT2D eigenvalue weighted by Crippen LogP contribution is -2.32. The van der Waals surface area contributed by atoms with Crippen LogP contribution in [0.2, 0.25) is 0 Å². The number of benzene rings is 16. The van der Waals surface area contributed by atoms with Gasteiger partial charge in [-0.05, 0) is 291 Å². The molecule has 1 fully saturated rings. The van der Waals surface area contributed by atoms with Crippen molar-refractivity contribution in [1.29, 1.82) is 0 Å². The fourth-order valence-electron chi connectivity index (χ4n) is 21.9. The molecule has 0 spiro atoms. The van der Waals surface area contributed by atoms with Crippen LogP contribution in [0.3, 0.4) is 0 Å². The third kappa shape index (κ3) is 18.6. The van der Waals surface area contributed by atoms with Gasteiger partial charge in [0.15, 0.2) is 31.0 Å². The molecule has 0 unspecified atom stereocenters. The highest BCUT2D eigenvalue weighted by molar-refractivity contribution is 6.17. The van der Waals surface area contributed by atoms with Gasteiger partial charge in [0.25, 0.3) is 0 Å². The van der Waals surface area contributed by atoms with Crippen molar-refractivity contribution in [3.63, 3.8) is 0 Å². The van der Waals surface area contributed by atoms with E-state index in [1.807, 2.05) is 0 Å². The second-order valence-corrected chi connectivity index (χ2v) is 41.0. The predicted octanol–water partition coefficient (Wildman–Crippen LogP) is 31.7. The van der Waals surface area contributed by atoms with Crippen molar-refractivity contribution in [2.45, 2.75) is 148 Å². The van der Waals surface area contributed by atoms with Gasteiger partial charge in [-0.25, -0.2) is 22.8 Å². The van der Waals surface area contributed by atoms with E-state index in [1.165, 1.54) is 268 Å². The first-order valence-electron chi connectivity index (χ1n) is 48.6. The summed E-state index contributed by atoms with van der Waals surface area (Å²) in [5, 5.41) is 26.5. The number of pyridine rings is 5. The summed E-state index contributed by atoms with van der Waals surface area (Å²) in [5.74, 6) is 0.737. The Bertz CT molecular complexity index is 8160. The Kier molecular flexibility index (Phi) is 25.8. The van der Waals surface area contributed by atoms with E-state index in [4.69, 9.17) is 0 Å². The molecular formula is C130H130N5+5. The Morgan fingerprint density at radius 1 is 0.237 bits per heavy atom. The van der Waals surface area contributed by atoms with Gasteiger partial charge >= 0.3 is 0 Å². The van der Waals surface area contributed by atoms with E-state index < -0.39 is 0 Å². The van der Waals surface area contributed by atoms with E-state index in [0.717, 1.165) is 18.8 Å². The van der Waals surface area contributed by atoms with Crippen LogP contribution in [0.1, 0.15) is 140 Å². The molecule has 0 N–H and O–H groups in total. The Morgan fingerprint density at radius 2 is 0.600 bits per heavy atom. The molecule has 670 valence electrons. The van der Waals surface area contributed by atoms with Crippen molar-refractivity contribution >= 4 is 108 Å². The molecule has 21 aromatic rings. The Balaban J connectivity index is 0.000000113. The molecule has 1 aliphatic carbocycles. The molecule has 16 aromatic carbocycles. The van der Waals surface area contributed by atoms with Crippen LogP contribution in [0, 0.1) is 73.1 Å². The van der Waals surface area contributed by atoms with E-state index >= 15 is 0 Å². The van der Waals surface area contributed by atoms with E-state index in [2.05, 4.69) is 508 Å². The molecule has 5 heterocycles. The van der Waals surface area contributed by atoms with Crippen LogP contribution in [0.25, 0.3) is 175 Å². The van der Waals surface area contributed by atoms with Gasteiger partial charge in [-0.3, -0.25) is 0 Å². The number of rotatable bonds is 9. The highest BCUT2D eigenvalue weighted by Gasteiger charge is 2.28. The Labute approximate surface area is 800 Å². The van der Waals surface area contributed by atoms with Gasteiger partial charge in [-0.2, -0.15) is 0 Å². The van der Waals surface area contributed by atoms with Gasteiger partial charge in [0, 0.05) is 59.7 Å². The first kappa shape index (κ1) is 91.4. The van der Waals surface area contributed by atoms with Crippen LogP contribution in [0.4, 0.5) is 0 Å². The van der Waals surface area contributed by atoms with Crippen molar-refractivity contribution in [3.8, 4) is 67.4 Å². The minimum atomic E-state index is 0.285. The van der Waals surface area contributed by atoms with Gasteiger partial charge in [0.05, 0.1) is 27.8 Å². The summed E-state index contributed by atoms with van der Waals surface area (Å²) in [7, 11) is 10.8. The largest absolute Gasteiger partial charge is 0.213 e. The van der Waals surface area contributed by atoms with Crippen LogP contribution >= 0.6 is 0 Å². The summed E-state index contributed by atoms with van der Waals surface area (Å²) in [4.78, 5) is 0. The molecule has 0 amide bonds. The quantitative estimate of drug-likeness (QED) is 0.101. The monoisotopic (exact) mass is 1760 g/mol. The average molecular weight is 1760 g/mol. The first-order chi connectivity index (χ1) is 65.0. The predicted molar refractivity (Wildman–Crippen MR) is 576 cm³/mol. The summed E-state index contributed by atoms with van der Waals surface area (Å²) in [5.41, 5.74) is 32.6. The van der Waals surface area contributed by atoms with E-state index in [1.54, 1.807) is 0 Å². The van der Waals surface area contributed by atoms with E-state index in [9.17, 15) is 0 Å². The third-order valence-corrected chi connectivity index (χ3v) is 28.5. The number of aryl methyl sites for hydroxylation is 14. The zero-order valence-corrected chi connectivity index (χ0v) is 83.0. The highest BCUT2D eigenvalue weighted by Crippen LogP contribution is 2.44. The Morgan fingerprint density at radius 3 is 1.05 bits per heavy atom. The van der Waals surface area contributed by atoms with E-state index in [0.29, 0.717) is 5.41 Å². The zero-order chi connectivity index (χ0) is 94.4. The number of fused-ring (bicyclic) bond motifs is 15. The standard InChI is InChI=1S/C29H26N.C27H30N.C26H26N.C26H28N.C22H20N/c1-19-8-7-9-20(2)28(19)23-16-17-30(4)27(18-23)29-21(3)12-14-25-24-11-6-5-10-22(24)13-15-26(25)29;1-18-11-13-23-22-10-8-7-9-20(22)12-14-24(23)26(18)25-15-19(2)21(17-28(25)6)16-27(3,4)5;1-18-11-13-23-22-10-6-5-9-20(22)12-14-24(23)26(18)25-17-21(15-16-27(25)2)19-7-3-4-8-19;1-18-10-13-22-21-9-7-6-8-20(21)12-14-23(22)25(18)24-15-11-19(17-27(24)5)16-26(2,3)4;1-15-14-16(2)22(20-10-6-7-13-23(20)3)19-12-11-17-8-4-5-9-18(17)21(15)19/h5-18H,1-4H3;7-15,17H,16H2,1-6H3;5-6,9-17,19H,3-4,7-8H2,1-2H3;6-15,17H,16H2,1-5H3;4-14H,1-3H3/q5*+1. The maximum Gasteiger partial charge on any atom is 0.213 e. The molecular weight excluding hydrogens is 1630 g/mol. The maximum atomic E-state index is 2.45. The summed E-state index contributed by atoms with van der Waals surface area (Å²) in [6.45, 7) is 33.8. The number of aromatic nitrogens is 5. The molecule has 0 aliphatic heterocycles. The van der Waals surface area contributed by atoms with Crippen molar-refractivity contribution in [2.75, 3.05) is 0 Å². The molecule has 135 heavy (non-hydrogen) atoms. The lowest BCUT2D eigenvalue weighted by Gasteiger charge is -2.19. The van der Waals surface area contributed by atoms with Gasteiger partial charge in [0.1, 0.15) is 35.2 Å². The molecule has 0 radical (unpaired) electrons. The van der Waals surface area contributed by atoms with Crippen LogP contribution in [-0.4, -0.2) is 0 Å². The summed E-state index contributed by atoms with van der Waals surface area (Å²) >= 11 is 0. The van der Waals surface area contributed by atoms with Crippen molar-refractivity contribution in [1.82, 2.24) is 0 Å². The van der Waals surface area contributed by atoms with E-state index in [-0.39, 0.29) is 5.41 Å². The highest BCUT2D eigenvalue weighted by atomic mass is 14.9. The Hall–Kier alpha value is -14.1. The fraction of sp³-hybridized carbons (Fsp3) is 0.223. The normalized spacial score (nSPS) is 12.4. The molecule has 0 atom stereocenters. The lowest BCUT2D eigenvalue weighted by molar-refractivity contribution is -0.661. The van der Waals surface area contributed by atoms with Crippen molar-refractivity contribution in [2.24, 2.45) is 46.1 Å². The molecule has 0 saturated heterocycles. The van der Waals surface area contributed by atoms with Gasteiger partial charge in [-0.15, -0.1) is 0 Å². The number of hydrogen-bond donors (Lipinski definition) is 0. The van der Waals surface area contributed by atoms with Crippen LogP contribution in [0.5, 0.6) is 0 Å². The lowest BCUT2D eigenvalue weighted by atomic mass is 9.86. The van der Waals surface area contributed by atoms with Crippen LogP contribution in [-0.2, 0) is 48.1 Å². The molecule has 1 aliphatic rings. The van der Waals surface area contributed by atoms with Gasteiger partial charge in [0.2, 0.25) is 28.5 Å². The molecule has 5 heteroatoms. The second kappa shape index (κ2) is 38.1. The summed E-state index contributed by atoms with van der Waals surface area (Å²) in [6.07, 6.45) is 18.8. The number of nitrogens with zero attached hydrogens (tertiary/aromatic N) is 5. The van der Waals surface area contributed by atoms with Crippen molar-refractivity contribution in [3.05, 3.63) is 413 Å². The van der Waals surface area contributed by atoms with Gasteiger partial charge < -0.3 is 0 Å². The van der Waals surface area contributed by atoms with Crippen molar-refractivity contribution < 1.29 is 22.8 Å². The van der Waals surface area contributed by atoms with Gasteiger partial charge in [-0.1, -0.05) is 309 Å². The second-order valence-electron chi connectivity index (χ2n) is 41.0. The molecule has 1 saturated carbocycles. The zero-order valence-electron chi connectivity index (χ0n) is 83.0. The van der Waals surface area contributed by atoms with Crippen LogP contribution in [0.15, 0.2) is 346 Å². The molecule has 0 bridgehead atoms. The topological polar surface area (TPSA) is 19.4 Å². The SMILES string of the molecule is Cc1cc(-c2c(C)ccc3c2ccc2ccccc23)[n+](C)cc1CC(C)(C)C.Cc1cc(C)c2c(ccc3ccccc32)c1-c1cccc[n+]1C.Cc1ccc2c(ccc3ccccc32)c1-c1cc(C2CCCC2)cc[n+]1C.Cc1ccc2c(ccc3ccccc32)c1-c1ccc(CC(C)(C)C)c[n+]1C.Cc1cccc(C)c1-c1cc[n+](C)c(-c2c(C)ccc3c2ccc2ccccc23)c1. The number of hydrogen-bond acceptors (Lipinski definition) is 0. The molecule has 22 rings (SSSR count). The smallest absolute Gasteiger partial charge is 0.201 e. The average Bonchev–Trinajstić information content (AvgIpc) is 1.09. The summed E-state index contributed by atoms with van der Waals surface area (Å²) in [6, 6.07) is 116. The van der Waals surface area contributed by atoms with Crippen LogP contribution < -0.4 is 22.8 Å². The fourth-order valence-corrected chi connectivity index (χ4v) is 21.9.